The van der Waals surface area contributed by atoms with Crippen LogP contribution in [0.2, 0.25) is 0 Å². The lowest BCUT2D eigenvalue weighted by atomic mass is 10.1. The van der Waals surface area contributed by atoms with Gasteiger partial charge in [0.25, 0.3) is 5.91 Å². The number of benzene rings is 2. The van der Waals surface area contributed by atoms with Crippen molar-refractivity contribution >= 4 is 23.2 Å². The molecule has 0 saturated carbocycles. The number of hydrogen-bond donors (Lipinski definition) is 1. The molecule has 0 unspecified atom stereocenters. The number of anilines is 2. The molecule has 0 atom stereocenters. The van der Waals surface area contributed by atoms with E-state index in [0.29, 0.717) is 30.6 Å². The number of nitrogens with zero attached hydrogens (tertiary/aromatic N) is 2. The number of amides is 2. The lowest BCUT2D eigenvalue weighted by molar-refractivity contribution is -0.116. The summed E-state index contributed by atoms with van der Waals surface area (Å²) in [6.07, 6.45) is 5.17. The predicted molar refractivity (Wildman–Crippen MR) is 109 cm³/mol. The minimum absolute atomic E-state index is 0.0335. The van der Waals surface area contributed by atoms with Gasteiger partial charge in [-0.15, -0.1) is 0 Å². The van der Waals surface area contributed by atoms with E-state index in [1.54, 1.807) is 29.4 Å². The SMILES string of the molecule is O=C(CCc1ccccc1)Nc1ccc2c(c1)N(C(=O)c1ccncc1)CC2. The third-order valence-electron chi connectivity index (χ3n) is 4.92. The standard InChI is InChI=1S/C23H21N3O2/c27-22(9-6-17-4-2-1-3-5-17)25-20-8-7-18-12-15-26(21(18)16-20)23(28)19-10-13-24-14-11-19/h1-5,7-8,10-11,13-14,16H,6,9,12,15H2,(H,25,27). The van der Waals surface area contributed by atoms with Crippen molar-refractivity contribution in [2.75, 3.05) is 16.8 Å². The molecule has 0 bridgehead atoms. The largest absolute Gasteiger partial charge is 0.326 e. The fourth-order valence-electron chi connectivity index (χ4n) is 3.44. The van der Waals surface area contributed by atoms with Crippen LogP contribution in [0.3, 0.4) is 0 Å². The van der Waals surface area contributed by atoms with E-state index in [2.05, 4.69) is 10.3 Å². The first-order valence-corrected chi connectivity index (χ1v) is 9.39. The molecule has 1 aromatic heterocycles. The van der Waals surface area contributed by atoms with Gasteiger partial charge in [0.05, 0.1) is 0 Å². The summed E-state index contributed by atoms with van der Waals surface area (Å²) in [6, 6.07) is 19.2. The maximum absolute atomic E-state index is 12.8. The van der Waals surface area contributed by atoms with Crippen LogP contribution in [0.5, 0.6) is 0 Å². The van der Waals surface area contributed by atoms with E-state index in [1.807, 2.05) is 48.5 Å². The summed E-state index contributed by atoms with van der Waals surface area (Å²) >= 11 is 0. The maximum atomic E-state index is 12.8. The number of fused-ring (bicyclic) bond motifs is 1. The minimum Gasteiger partial charge on any atom is -0.326 e. The van der Waals surface area contributed by atoms with Crippen LogP contribution in [0.15, 0.2) is 73.1 Å². The average Bonchev–Trinajstić information content (AvgIpc) is 3.16. The summed E-state index contributed by atoms with van der Waals surface area (Å²) in [4.78, 5) is 30.9. The Kier molecular flexibility index (Phi) is 5.15. The van der Waals surface area contributed by atoms with E-state index >= 15 is 0 Å². The highest BCUT2D eigenvalue weighted by atomic mass is 16.2. The third-order valence-corrected chi connectivity index (χ3v) is 4.92. The number of hydrogen-bond acceptors (Lipinski definition) is 3. The Morgan fingerprint density at radius 2 is 1.79 bits per heavy atom. The smallest absolute Gasteiger partial charge is 0.258 e. The number of aromatic nitrogens is 1. The molecule has 0 fully saturated rings. The molecule has 5 nitrogen and oxygen atoms in total. The molecule has 140 valence electrons. The van der Waals surface area contributed by atoms with Gasteiger partial charge >= 0.3 is 0 Å². The van der Waals surface area contributed by atoms with Gasteiger partial charge in [-0.1, -0.05) is 36.4 Å². The summed E-state index contributed by atoms with van der Waals surface area (Å²) in [5.41, 5.74) is 4.44. The Bertz CT molecular complexity index is 987. The second-order valence-electron chi connectivity index (χ2n) is 6.82. The minimum atomic E-state index is -0.0475. The van der Waals surface area contributed by atoms with Crippen molar-refractivity contribution in [1.82, 2.24) is 4.98 Å². The third kappa shape index (κ3) is 3.93. The van der Waals surface area contributed by atoms with Crippen LogP contribution in [-0.4, -0.2) is 23.3 Å². The molecular weight excluding hydrogens is 350 g/mol. The second kappa shape index (κ2) is 8.05. The van der Waals surface area contributed by atoms with E-state index in [9.17, 15) is 9.59 Å². The topological polar surface area (TPSA) is 62.3 Å². The molecule has 0 radical (unpaired) electrons. The number of carbonyl (C=O) groups is 2. The van der Waals surface area contributed by atoms with E-state index in [1.165, 1.54) is 0 Å². The highest BCUT2D eigenvalue weighted by molar-refractivity contribution is 6.07. The molecule has 2 heterocycles. The van der Waals surface area contributed by atoms with Crippen molar-refractivity contribution in [2.45, 2.75) is 19.3 Å². The van der Waals surface area contributed by atoms with Gasteiger partial charge in [0, 0.05) is 42.3 Å². The van der Waals surface area contributed by atoms with E-state index < -0.39 is 0 Å². The highest BCUT2D eigenvalue weighted by Crippen LogP contribution is 2.32. The van der Waals surface area contributed by atoms with E-state index in [4.69, 9.17) is 0 Å². The average molecular weight is 371 g/mol. The monoisotopic (exact) mass is 371 g/mol. The molecule has 2 aromatic carbocycles. The number of aryl methyl sites for hydroxylation is 1. The first-order valence-electron chi connectivity index (χ1n) is 9.39. The van der Waals surface area contributed by atoms with Gasteiger partial charge < -0.3 is 10.2 Å². The highest BCUT2D eigenvalue weighted by Gasteiger charge is 2.26. The van der Waals surface area contributed by atoms with Crippen LogP contribution in [0.1, 0.15) is 27.9 Å². The Labute approximate surface area is 164 Å². The maximum Gasteiger partial charge on any atom is 0.258 e. The zero-order valence-corrected chi connectivity index (χ0v) is 15.5. The first-order chi connectivity index (χ1) is 13.7. The molecule has 1 N–H and O–H groups in total. The number of nitrogens with one attached hydrogen (secondary N) is 1. The molecule has 3 aromatic rings. The molecule has 0 aliphatic carbocycles. The van der Waals surface area contributed by atoms with Crippen molar-refractivity contribution in [1.29, 1.82) is 0 Å². The van der Waals surface area contributed by atoms with Crippen LogP contribution in [-0.2, 0) is 17.6 Å². The number of pyridine rings is 1. The summed E-state index contributed by atoms with van der Waals surface area (Å²) < 4.78 is 0. The van der Waals surface area contributed by atoms with Gasteiger partial charge in [-0.25, -0.2) is 0 Å². The molecule has 1 aliphatic heterocycles. The summed E-state index contributed by atoms with van der Waals surface area (Å²) in [5.74, 6) is -0.0810. The fraction of sp³-hybridized carbons (Fsp3) is 0.174. The van der Waals surface area contributed by atoms with Crippen molar-refractivity contribution < 1.29 is 9.59 Å². The van der Waals surface area contributed by atoms with Gasteiger partial charge in [0.1, 0.15) is 0 Å². The number of carbonyl (C=O) groups excluding carboxylic acids is 2. The Hall–Kier alpha value is -3.47. The Morgan fingerprint density at radius 3 is 2.57 bits per heavy atom. The van der Waals surface area contributed by atoms with Gasteiger partial charge in [0.15, 0.2) is 0 Å². The van der Waals surface area contributed by atoms with Crippen LogP contribution in [0, 0.1) is 0 Å². The molecule has 2 amide bonds. The fourth-order valence-corrected chi connectivity index (χ4v) is 3.44. The van der Waals surface area contributed by atoms with E-state index in [-0.39, 0.29) is 11.8 Å². The lowest BCUT2D eigenvalue weighted by Gasteiger charge is -2.18. The van der Waals surface area contributed by atoms with Crippen LogP contribution < -0.4 is 10.2 Å². The van der Waals surface area contributed by atoms with Crippen molar-refractivity contribution in [3.05, 3.63) is 89.7 Å². The second-order valence-corrected chi connectivity index (χ2v) is 6.82. The number of rotatable bonds is 5. The van der Waals surface area contributed by atoms with Crippen molar-refractivity contribution in [2.24, 2.45) is 0 Å². The van der Waals surface area contributed by atoms with Crippen LogP contribution in [0.25, 0.3) is 0 Å². The summed E-state index contributed by atoms with van der Waals surface area (Å²) in [5, 5.41) is 2.95. The molecule has 0 saturated heterocycles. The summed E-state index contributed by atoms with van der Waals surface area (Å²) in [7, 11) is 0. The molecular formula is C23H21N3O2. The molecule has 1 aliphatic rings. The molecule has 0 spiro atoms. The normalized spacial score (nSPS) is 12.5. The van der Waals surface area contributed by atoms with Crippen LogP contribution >= 0.6 is 0 Å². The quantitative estimate of drug-likeness (QED) is 0.741. The van der Waals surface area contributed by atoms with Gasteiger partial charge in [-0.3, -0.25) is 14.6 Å². The zero-order chi connectivity index (χ0) is 19.3. The predicted octanol–water partition coefficient (Wildman–Crippen LogP) is 3.86. The van der Waals surface area contributed by atoms with Crippen molar-refractivity contribution in [3.63, 3.8) is 0 Å². The molecule has 4 rings (SSSR count). The van der Waals surface area contributed by atoms with Gasteiger partial charge in [-0.2, -0.15) is 0 Å². The molecule has 28 heavy (non-hydrogen) atoms. The molecule has 5 heteroatoms. The van der Waals surface area contributed by atoms with Gasteiger partial charge in [0.2, 0.25) is 5.91 Å². The zero-order valence-electron chi connectivity index (χ0n) is 15.5. The van der Waals surface area contributed by atoms with E-state index in [0.717, 1.165) is 23.2 Å². The van der Waals surface area contributed by atoms with Crippen molar-refractivity contribution in [3.8, 4) is 0 Å². The Balaban J connectivity index is 1.44. The lowest BCUT2D eigenvalue weighted by Crippen LogP contribution is -2.28. The first kappa shape index (κ1) is 17.9. The van der Waals surface area contributed by atoms with Crippen LogP contribution in [0.4, 0.5) is 11.4 Å². The Morgan fingerprint density at radius 1 is 1.00 bits per heavy atom. The summed E-state index contributed by atoms with van der Waals surface area (Å²) in [6.45, 7) is 0.641. The van der Waals surface area contributed by atoms with Gasteiger partial charge in [-0.05, 0) is 48.2 Å².